The maximum Gasteiger partial charge on any atom is -0.00722 e. The molecule has 0 aromatic rings. The van der Waals surface area contributed by atoms with Crippen LogP contribution in [-0.2, 0) is 0 Å². The topological polar surface area (TPSA) is 26.0 Å². The van der Waals surface area contributed by atoms with Gasteiger partial charge in [0.25, 0.3) is 0 Å². The van der Waals surface area contributed by atoms with Crippen LogP contribution >= 0.6 is 12.4 Å². The normalized spacial score (nSPS) is 10.7. The third-order valence-corrected chi connectivity index (χ3v) is 1.78. The van der Waals surface area contributed by atoms with Gasteiger partial charge in [0.2, 0.25) is 0 Å². The van der Waals surface area contributed by atoms with Gasteiger partial charge in [0.15, 0.2) is 0 Å². The number of hydrogen-bond donors (Lipinski definition) is 1. The highest BCUT2D eigenvalue weighted by atomic mass is 35.5. The van der Waals surface area contributed by atoms with Crippen molar-refractivity contribution in [2.75, 3.05) is 6.54 Å². The van der Waals surface area contributed by atoms with Crippen LogP contribution < -0.4 is 5.73 Å². The molecule has 0 aliphatic heterocycles. The average molecular weight is 152 g/mol. The summed E-state index contributed by atoms with van der Waals surface area (Å²) in [6.07, 6.45) is 2.37. The van der Waals surface area contributed by atoms with E-state index in [4.69, 9.17) is 5.73 Å². The number of rotatable bonds is 3. The van der Waals surface area contributed by atoms with Crippen molar-refractivity contribution in [1.29, 1.82) is 0 Å². The van der Waals surface area contributed by atoms with E-state index in [1.807, 2.05) is 0 Å². The molecule has 0 radical (unpaired) electrons. The van der Waals surface area contributed by atoms with Crippen LogP contribution in [0.15, 0.2) is 0 Å². The van der Waals surface area contributed by atoms with Crippen LogP contribution in [0.4, 0.5) is 0 Å². The van der Waals surface area contributed by atoms with E-state index in [2.05, 4.69) is 20.8 Å². The molecule has 0 unspecified atom stereocenters. The van der Waals surface area contributed by atoms with Gasteiger partial charge in [-0.1, -0.05) is 27.2 Å². The second-order valence-electron chi connectivity index (χ2n) is 3.06. The third kappa shape index (κ3) is 6.13. The Kier molecular flexibility index (Phi) is 6.74. The molecule has 2 heteroatoms. The highest BCUT2D eigenvalue weighted by Crippen LogP contribution is 2.22. The molecule has 0 atom stereocenters. The molecule has 0 aromatic heterocycles. The minimum Gasteiger partial charge on any atom is -0.330 e. The Labute approximate surface area is 64.4 Å². The fourth-order valence-electron chi connectivity index (χ4n) is 0.568. The molecule has 0 saturated heterocycles. The highest BCUT2D eigenvalue weighted by Gasteiger charge is 2.12. The zero-order chi connectivity index (χ0) is 6.62. The summed E-state index contributed by atoms with van der Waals surface area (Å²) >= 11 is 0. The molecule has 0 fully saturated rings. The summed E-state index contributed by atoms with van der Waals surface area (Å²) in [6, 6.07) is 0. The van der Waals surface area contributed by atoms with E-state index in [0.717, 1.165) is 13.0 Å². The Morgan fingerprint density at radius 2 is 1.78 bits per heavy atom. The molecule has 0 bridgehead atoms. The first-order chi connectivity index (χ1) is 3.62. The maximum absolute atomic E-state index is 5.39. The van der Waals surface area contributed by atoms with Crippen LogP contribution in [0, 0.1) is 5.41 Å². The van der Waals surface area contributed by atoms with Crippen molar-refractivity contribution in [2.24, 2.45) is 11.1 Å². The van der Waals surface area contributed by atoms with Gasteiger partial charge in [-0.15, -0.1) is 12.4 Å². The van der Waals surface area contributed by atoms with Gasteiger partial charge in [0.1, 0.15) is 0 Å². The molecule has 0 aliphatic carbocycles. The highest BCUT2D eigenvalue weighted by molar-refractivity contribution is 5.85. The third-order valence-electron chi connectivity index (χ3n) is 1.78. The van der Waals surface area contributed by atoms with Gasteiger partial charge in [-0.3, -0.25) is 0 Å². The van der Waals surface area contributed by atoms with Crippen molar-refractivity contribution >= 4 is 12.4 Å². The monoisotopic (exact) mass is 151 g/mol. The summed E-state index contributed by atoms with van der Waals surface area (Å²) in [7, 11) is 0. The van der Waals surface area contributed by atoms with Gasteiger partial charge < -0.3 is 5.73 Å². The van der Waals surface area contributed by atoms with Crippen LogP contribution in [0.1, 0.15) is 33.6 Å². The van der Waals surface area contributed by atoms with E-state index >= 15 is 0 Å². The van der Waals surface area contributed by atoms with Gasteiger partial charge in [-0.05, 0) is 18.4 Å². The summed E-state index contributed by atoms with van der Waals surface area (Å²) in [5.41, 5.74) is 5.86. The molecule has 0 aliphatic rings. The molecule has 0 saturated carbocycles. The van der Waals surface area contributed by atoms with E-state index in [-0.39, 0.29) is 12.4 Å². The Bertz CT molecular complexity index is 61.9. The maximum atomic E-state index is 5.39. The standard InChI is InChI=1S/C7H17N.ClH/c1-4-7(2,3)5-6-8;/h4-6,8H2,1-3H3;1H. The molecular weight excluding hydrogens is 134 g/mol. The minimum atomic E-state index is 0. The lowest BCUT2D eigenvalue weighted by Gasteiger charge is -2.20. The molecule has 58 valence electrons. The molecule has 0 rings (SSSR count). The lowest BCUT2D eigenvalue weighted by Crippen LogP contribution is -2.15. The van der Waals surface area contributed by atoms with Crippen LogP contribution in [0.25, 0.3) is 0 Å². The van der Waals surface area contributed by atoms with E-state index < -0.39 is 0 Å². The molecule has 0 amide bonds. The predicted octanol–water partition coefficient (Wildman–Crippen LogP) is 2.19. The number of halogens is 1. The van der Waals surface area contributed by atoms with Gasteiger partial charge in [-0.2, -0.15) is 0 Å². The number of hydrogen-bond acceptors (Lipinski definition) is 1. The Balaban J connectivity index is 0. The predicted molar refractivity (Wildman–Crippen MR) is 45.0 cm³/mol. The lowest BCUT2D eigenvalue weighted by atomic mass is 9.87. The Morgan fingerprint density at radius 3 is 1.89 bits per heavy atom. The SMILES string of the molecule is CCC(C)(C)CCN.Cl. The van der Waals surface area contributed by atoms with Crippen molar-refractivity contribution in [3.05, 3.63) is 0 Å². The fourth-order valence-corrected chi connectivity index (χ4v) is 0.568. The lowest BCUT2D eigenvalue weighted by molar-refractivity contribution is 0.328. The number of nitrogens with two attached hydrogens (primary N) is 1. The van der Waals surface area contributed by atoms with Gasteiger partial charge in [0.05, 0.1) is 0 Å². The van der Waals surface area contributed by atoms with Crippen LogP contribution in [0.5, 0.6) is 0 Å². The van der Waals surface area contributed by atoms with Crippen LogP contribution in [0.2, 0.25) is 0 Å². The molecule has 0 heterocycles. The second-order valence-corrected chi connectivity index (χ2v) is 3.06. The minimum absolute atomic E-state index is 0. The van der Waals surface area contributed by atoms with Crippen molar-refractivity contribution in [1.82, 2.24) is 0 Å². The summed E-state index contributed by atoms with van der Waals surface area (Å²) < 4.78 is 0. The van der Waals surface area contributed by atoms with Crippen LogP contribution in [0.3, 0.4) is 0 Å². The summed E-state index contributed by atoms with van der Waals surface area (Å²) in [5, 5.41) is 0. The Hall–Kier alpha value is 0.250. The first-order valence-electron chi connectivity index (χ1n) is 3.32. The van der Waals surface area contributed by atoms with Gasteiger partial charge in [0, 0.05) is 0 Å². The quantitative estimate of drug-likeness (QED) is 0.658. The fraction of sp³-hybridized carbons (Fsp3) is 1.00. The first-order valence-corrected chi connectivity index (χ1v) is 3.32. The van der Waals surface area contributed by atoms with Gasteiger partial charge in [-0.25, -0.2) is 0 Å². The molecule has 2 N–H and O–H groups in total. The van der Waals surface area contributed by atoms with E-state index in [0.29, 0.717) is 5.41 Å². The average Bonchev–Trinajstić information content (AvgIpc) is 1.67. The second kappa shape index (κ2) is 5.07. The van der Waals surface area contributed by atoms with Crippen LogP contribution in [-0.4, -0.2) is 6.54 Å². The molecule has 9 heavy (non-hydrogen) atoms. The Morgan fingerprint density at radius 1 is 1.33 bits per heavy atom. The molecule has 0 spiro atoms. The zero-order valence-electron chi connectivity index (χ0n) is 6.61. The van der Waals surface area contributed by atoms with Crippen molar-refractivity contribution in [2.45, 2.75) is 33.6 Å². The smallest absolute Gasteiger partial charge is 0.00722 e. The zero-order valence-corrected chi connectivity index (χ0v) is 7.42. The summed E-state index contributed by atoms with van der Waals surface area (Å²) in [5.74, 6) is 0. The molecule has 0 aromatic carbocycles. The van der Waals surface area contributed by atoms with E-state index in [1.165, 1.54) is 6.42 Å². The van der Waals surface area contributed by atoms with E-state index in [9.17, 15) is 0 Å². The van der Waals surface area contributed by atoms with Crippen molar-refractivity contribution in [3.8, 4) is 0 Å². The van der Waals surface area contributed by atoms with E-state index in [1.54, 1.807) is 0 Å². The molecular formula is C7H18ClN. The largest absolute Gasteiger partial charge is 0.330 e. The van der Waals surface area contributed by atoms with Crippen molar-refractivity contribution < 1.29 is 0 Å². The van der Waals surface area contributed by atoms with Gasteiger partial charge >= 0.3 is 0 Å². The van der Waals surface area contributed by atoms with Crippen molar-refractivity contribution in [3.63, 3.8) is 0 Å². The molecule has 1 nitrogen and oxygen atoms in total. The summed E-state index contributed by atoms with van der Waals surface area (Å²) in [4.78, 5) is 0. The first kappa shape index (κ1) is 12.0. The summed E-state index contributed by atoms with van der Waals surface area (Å²) in [6.45, 7) is 7.52.